The van der Waals surface area contributed by atoms with E-state index in [1.807, 2.05) is 66.7 Å². The molecule has 4 heteroatoms. The topological polar surface area (TPSA) is 51.2 Å². The number of rotatable bonds is 5. The van der Waals surface area contributed by atoms with Crippen molar-refractivity contribution < 1.29 is 9.53 Å². The maximum atomic E-state index is 13.2. The molecule has 138 valence electrons. The van der Waals surface area contributed by atoms with E-state index in [1.165, 1.54) is 0 Å². The largest absolute Gasteiger partial charge is 0.496 e. The molecule has 0 bridgehead atoms. The second kappa shape index (κ2) is 7.92. The van der Waals surface area contributed by atoms with Crippen molar-refractivity contribution in [3.8, 4) is 5.75 Å². The van der Waals surface area contributed by atoms with Crippen LogP contribution in [0.3, 0.4) is 0 Å². The van der Waals surface area contributed by atoms with E-state index in [-0.39, 0.29) is 5.91 Å². The van der Waals surface area contributed by atoms with Crippen molar-refractivity contribution in [3.05, 3.63) is 102 Å². The molecule has 0 unspecified atom stereocenters. The van der Waals surface area contributed by atoms with Gasteiger partial charge in [0.15, 0.2) is 0 Å². The quantitative estimate of drug-likeness (QED) is 0.534. The summed E-state index contributed by atoms with van der Waals surface area (Å²) >= 11 is 0. The number of anilines is 1. The number of nitrogens with zero attached hydrogens (tertiary/aromatic N) is 1. The Morgan fingerprint density at radius 3 is 2.54 bits per heavy atom. The summed E-state index contributed by atoms with van der Waals surface area (Å²) in [7, 11) is 1.58. The predicted molar refractivity (Wildman–Crippen MR) is 112 cm³/mol. The maximum Gasteiger partial charge on any atom is 0.259 e. The molecule has 1 N–H and O–H groups in total. The number of fused-ring (bicyclic) bond motifs is 1. The number of methoxy groups -OCH3 is 1. The third-order valence-corrected chi connectivity index (χ3v) is 4.68. The molecule has 1 heterocycles. The Labute approximate surface area is 163 Å². The molecular weight excluding hydrogens is 348 g/mol. The van der Waals surface area contributed by atoms with Crippen LogP contribution >= 0.6 is 0 Å². The van der Waals surface area contributed by atoms with Gasteiger partial charge in [0, 0.05) is 11.6 Å². The Bertz CT molecular complexity index is 1120. The highest BCUT2D eigenvalue weighted by Gasteiger charge is 2.18. The number of carbonyl (C=O) groups is 1. The number of amides is 1. The van der Waals surface area contributed by atoms with Crippen LogP contribution in [0.2, 0.25) is 0 Å². The summed E-state index contributed by atoms with van der Waals surface area (Å²) in [5, 5.41) is 4.00. The van der Waals surface area contributed by atoms with Crippen molar-refractivity contribution in [2.24, 2.45) is 0 Å². The highest BCUT2D eigenvalue weighted by Crippen LogP contribution is 2.27. The van der Waals surface area contributed by atoms with Crippen LogP contribution in [0, 0.1) is 0 Å². The second-order valence-electron chi connectivity index (χ2n) is 6.49. The maximum absolute atomic E-state index is 13.2. The summed E-state index contributed by atoms with van der Waals surface area (Å²) in [6.45, 7) is 0. The lowest BCUT2D eigenvalue weighted by Gasteiger charge is -2.15. The first-order valence-electron chi connectivity index (χ1n) is 9.11. The highest BCUT2D eigenvalue weighted by molar-refractivity contribution is 6.10. The summed E-state index contributed by atoms with van der Waals surface area (Å²) in [4.78, 5) is 17.6. The number of ether oxygens (including phenoxy) is 1. The molecule has 0 atom stereocenters. The third kappa shape index (κ3) is 3.58. The van der Waals surface area contributed by atoms with Crippen LogP contribution in [0.4, 0.5) is 5.69 Å². The Morgan fingerprint density at radius 1 is 0.929 bits per heavy atom. The van der Waals surface area contributed by atoms with E-state index < -0.39 is 0 Å². The van der Waals surface area contributed by atoms with E-state index in [1.54, 1.807) is 13.3 Å². The van der Waals surface area contributed by atoms with Crippen LogP contribution in [0.5, 0.6) is 5.75 Å². The molecule has 3 aromatic carbocycles. The molecule has 4 nitrogen and oxygen atoms in total. The van der Waals surface area contributed by atoms with E-state index in [0.717, 1.165) is 22.0 Å². The van der Waals surface area contributed by atoms with Crippen molar-refractivity contribution in [2.45, 2.75) is 6.42 Å². The molecule has 28 heavy (non-hydrogen) atoms. The molecular formula is C24H20N2O2. The molecule has 0 saturated carbocycles. The molecule has 0 radical (unpaired) electrons. The predicted octanol–water partition coefficient (Wildman–Crippen LogP) is 5.09. The van der Waals surface area contributed by atoms with E-state index in [4.69, 9.17) is 4.74 Å². The number of hydrogen-bond acceptors (Lipinski definition) is 3. The minimum Gasteiger partial charge on any atom is -0.496 e. The van der Waals surface area contributed by atoms with Gasteiger partial charge < -0.3 is 10.1 Å². The summed E-state index contributed by atoms with van der Waals surface area (Å²) in [6.07, 6.45) is 2.37. The first kappa shape index (κ1) is 17.7. The number of carbonyl (C=O) groups excluding carboxylic acids is 1. The zero-order valence-electron chi connectivity index (χ0n) is 15.6. The van der Waals surface area contributed by atoms with Crippen LogP contribution in [0.25, 0.3) is 10.9 Å². The molecule has 0 aliphatic rings. The molecule has 0 aliphatic heterocycles. The monoisotopic (exact) mass is 368 g/mol. The van der Waals surface area contributed by atoms with Crippen LogP contribution in [0.1, 0.15) is 21.5 Å². The molecule has 0 aliphatic carbocycles. The van der Waals surface area contributed by atoms with Crippen molar-refractivity contribution in [1.29, 1.82) is 0 Å². The summed E-state index contributed by atoms with van der Waals surface area (Å²) in [5.74, 6) is 0.348. The van der Waals surface area contributed by atoms with Gasteiger partial charge in [0.05, 0.1) is 23.9 Å². The Morgan fingerprint density at radius 2 is 1.71 bits per heavy atom. The normalized spacial score (nSPS) is 10.6. The van der Waals surface area contributed by atoms with Crippen LogP contribution < -0.4 is 10.1 Å². The smallest absolute Gasteiger partial charge is 0.259 e. The lowest BCUT2D eigenvalue weighted by atomic mass is 9.98. The fourth-order valence-corrected chi connectivity index (χ4v) is 3.36. The first-order valence-corrected chi connectivity index (χ1v) is 9.11. The van der Waals surface area contributed by atoms with Crippen molar-refractivity contribution in [1.82, 2.24) is 4.98 Å². The average Bonchev–Trinajstić information content (AvgIpc) is 2.74. The SMILES string of the molecule is COc1cccc(Cc2ccccc2)c1C(=O)Nc1cccc2cccnc12. The zero-order chi connectivity index (χ0) is 19.3. The molecule has 0 fully saturated rings. The number of para-hydroxylation sites is 1. The van der Waals surface area contributed by atoms with Crippen molar-refractivity contribution in [3.63, 3.8) is 0 Å². The lowest BCUT2D eigenvalue weighted by molar-refractivity contribution is 0.102. The summed E-state index contributed by atoms with van der Waals surface area (Å²) < 4.78 is 5.49. The van der Waals surface area contributed by atoms with Gasteiger partial charge in [0.1, 0.15) is 5.75 Å². The Balaban J connectivity index is 1.72. The van der Waals surface area contributed by atoms with Gasteiger partial charge in [-0.3, -0.25) is 9.78 Å². The molecule has 0 spiro atoms. The van der Waals surface area contributed by atoms with Crippen LogP contribution in [-0.4, -0.2) is 18.0 Å². The lowest BCUT2D eigenvalue weighted by Crippen LogP contribution is -2.16. The van der Waals surface area contributed by atoms with Gasteiger partial charge in [-0.1, -0.05) is 60.7 Å². The number of aromatic nitrogens is 1. The van der Waals surface area contributed by atoms with E-state index in [2.05, 4.69) is 22.4 Å². The number of benzene rings is 3. The third-order valence-electron chi connectivity index (χ3n) is 4.68. The minimum atomic E-state index is -0.207. The zero-order valence-corrected chi connectivity index (χ0v) is 15.6. The molecule has 1 aromatic heterocycles. The molecule has 4 aromatic rings. The number of pyridine rings is 1. The fraction of sp³-hybridized carbons (Fsp3) is 0.0833. The molecule has 1 amide bonds. The van der Waals surface area contributed by atoms with Gasteiger partial charge in [-0.2, -0.15) is 0 Å². The molecule has 4 rings (SSSR count). The average molecular weight is 368 g/mol. The second-order valence-corrected chi connectivity index (χ2v) is 6.49. The van der Waals surface area contributed by atoms with Gasteiger partial charge in [0.25, 0.3) is 5.91 Å². The van der Waals surface area contributed by atoms with Gasteiger partial charge in [-0.25, -0.2) is 0 Å². The van der Waals surface area contributed by atoms with Crippen molar-refractivity contribution in [2.75, 3.05) is 12.4 Å². The number of hydrogen-bond donors (Lipinski definition) is 1. The Kier molecular flexibility index (Phi) is 5.02. The summed E-state index contributed by atoms with van der Waals surface area (Å²) in [6, 6.07) is 25.4. The van der Waals surface area contributed by atoms with E-state index in [9.17, 15) is 4.79 Å². The summed E-state index contributed by atoms with van der Waals surface area (Å²) in [5.41, 5.74) is 4.03. The van der Waals surface area contributed by atoms with Gasteiger partial charge in [-0.15, -0.1) is 0 Å². The molecule has 0 saturated heterocycles. The van der Waals surface area contributed by atoms with Gasteiger partial charge in [-0.05, 0) is 35.7 Å². The minimum absolute atomic E-state index is 0.207. The van der Waals surface area contributed by atoms with Gasteiger partial charge >= 0.3 is 0 Å². The van der Waals surface area contributed by atoms with E-state index in [0.29, 0.717) is 23.4 Å². The van der Waals surface area contributed by atoms with Crippen molar-refractivity contribution >= 4 is 22.5 Å². The Hall–Kier alpha value is -3.66. The number of nitrogens with one attached hydrogen (secondary N) is 1. The van der Waals surface area contributed by atoms with Gasteiger partial charge in [0.2, 0.25) is 0 Å². The standard InChI is InChI=1S/C24H20N2O2/c1-28-21-14-6-11-19(16-17-8-3-2-4-9-17)22(21)24(27)26-20-13-5-10-18-12-7-15-25-23(18)20/h2-15H,16H2,1H3,(H,26,27). The highest BCUT2D eigenvalue weighted by atomic mass is 16.5. The first-order chi connectivity index (χ1) is 13.8. The van der Waals surface area contributed by atoms with Crippen LogP contribution in [0.15, 0.2) is 85.1 Å². The fourth-order valence-electron chi connectivity index (χ4n) is 3.36. The van der Waals surface area contributed by atoms with E-state index >= 15 is 0 Å². The van der Waals surface area contributed by atoms with Crippen LogP contribution in [-0.2, 0) is 6.42 Å².